The van der Waals surface area contributed by atoms with Crippen molar-refractivity contribution >= 4 is 11.5 Å². The Kier molecular flexibility index (Phi) is 7.55. The third kappa shape index (κ3) is 5.89. The van der Waals surface area contributed by atoms with E-state index in [0.29, 0.717) is 12.1 Å². The van der Waals surface area contributed by atoms with E-state index in [-0.39, 0.29) is 0 Å². The summed E-state index contributed by atoms with van der Waals surface area (Å²) in [6.45, 7) is 3.65. The van der Waals surface area contributed by atoms with Crippen LogP contribution in [0.25, 0.3) is 16.7 Å². The van der Waals surface area contributed by atoms with E-state index in [1.165, 1.54) is 40.1 Å². The maximum Gasteiger partial charge on any atom is 0.274 e. The zero-order chi connectivity index (χ0) is 23.0. The number of carbonyl (C=O) groups excluding carboxylic acids is 1. The Bertz CT molecular complexity index is 1140. The van der Waals surface area contributed by atoms with Crippen LogP contribution >= 0.6 is 0 Å². The molecule has 33 heavy (non-hydrogen) atoms. The van der Waals surface area contributed by atoms with Crippen molar-refractivity contribution in [1.29, 1.82) is 0 Å². The first-order chi connectivity index (χ1) is 16.1. The number of aromatic nitrogens is 1. The number of H-pyrrole nitrogens is 1. The van der Waals surface area contributed by atoms with Crippen LogP contribution in [0.15, 0.2) is 72.8 Å². The maximum atomic E-state index is 11.5. The first-order valence-corrected chi connectivity index (χ1v) is 11.5. The van der Waals surface area contributed by atoms with Crippen LogP contribution in [0.1, 0.15) is 52.1 Å². The number of nitrogens with one attached hydrogen (secondary N) is 3. The molecule has 2 aromatic carbocycles. The quantitative estimate of drug-likeness (QED) is 0.210. The molecule has 1 amide bonds. The van der Waals surface area contributed by atoms with Gasteiger partial charge in [-0.25, -0.2) is 5.48 Å². The normalized spacial score (nSPS) is 13.5. The van der Waals surface area contributed by atoms with Gasteiger partial charge in [-0.05, 0) is 61.1 Å². The summed E-state index contributed by atoms with van der Waals surface area (Å²) in [6.07, 6.45) is 11.2. The van der Waals surface area contributed by atoms with Gasteiger partial charge in [0.2, 0.25) is 0 Å². The van der Waals surface area contributed by atoms with E-state index in [4.69, 9.17) is 5.21 Å². The fourth-order valence-corrected chi connectivity index (χ4v) is 4.10. The molecule has 0 saturated carbocycles. The summed E-state index contributed by atoms with van der Waals surface area (Å²) in [5, 5.41) is 12.2. The van der Waals surface area contributed by atoms with Crippen molar-refractivity contribution < 1.29 is 10.0 Å². The monoisotopic (exact) mass is 441 g/mol. The van der Waals surface area contributed by atoms with E-state index in [0.717, 1.165) is 31.4 Å². The summed E-state index contributed by atoms with van der Waals surface area (Å²) >= 11 is 0. The number of amides is 1. The van der Waals surface area contributed by atoms with Crippen LogP contribution in [0.2, 0.25) is 0 Å². The zero-order valence-electron chi connectivity index (χ0n) is 19.0. The minimum absolute atomic E-state index is 0.435. The molecule has 1 aliphatic carbocycles. The Morgan fingerprint density at radius 3 is 2.61 bits per heavy atom. The number of hydroxylamine groups is 1. The lowest BCUT2D eigenvalue weighted by atomic mass is 10.0. The molecule has 1 aliphatic rings. The molecule has 1 aromatic heterocycles. The minimum atomic E-state index is -0.501. The van der Waals surface area contributed by atoms with Crippen LogP contribution in [0.5, 0.6) is 0 Å². The number of aryl methyl sites for hydroxylation is 1. The number of benzene rings is 2. The average Bonchev–Trinajstić information content (AvgIpc) is 3.07. The molecule has 0 atom stereocenters. The molecular weight excluding hydrogens is 410 g/mol. The molecule has 0 radical (unpaired) electrons. The summed E-state index contributed by atoms with van der Waals surface area (Å²) < 4.78 is 0. The topological polar surface area (TPSA) is 77.2 Å². The van der Waals surface area contributed by atoms with E-state index < -0.39 is 5.91 Å². The van der Waals surface area contributed by atoms with Crippen molar-refractivity contribution in [3.05, 3.63) is 101 Å². The van der Waals surface area contributed by atoms with Gasteiger partial charge in [0, 0.05) is 42.0 Å². The first kappa shape index (κ1) is 22.8. The summed E-state index contributed by atoms with van der Waals surface area (Å²) in [5.41, 5.74) is 10.6. The lowest BCUT2D eigenvalue weighted by Crippen LogP contribution is -2.19. The summed E-state index contributed by atoms with van der Waals surface area (Å²) in [4.78, 5) is 15.1. The molecule has 0 fully saturated rings. The highest BCUT2D eigenvalue weighted by Crippen LogP contribution is 2.30. The largest absolute Gasteiger partial charge is 0.358 e. The molecule has 4 rings (SSSR count). The number of carbonyl (C=O) groups is 1. The molecule has 3 aromatic rings. The Balaban J connectivity index is 1.46. The summed E-state index contributed by atoms with van der Waals surface area (Å²) in [7, 11) is 0. The van der Waals surface area contributed by atoms with Crippen molar-refractivity contribution in [1.82, 2.24) is 15.8 Å². The third-order valence-electron chi connectivity index (χ3n) is 6.01. The Morgan fingerprint density at radius 1 is 1.06 bits per heavy atom. The fraction of sp³-hybridized carbons (Fsp3) is 0.250. The molecule has 0 bridgehead atoms. The highest BCUT2D eigenvalue weighted by molar-refractivity contribution is 5.93. The second-order valence-corrected chi connectivity index (χ2v) is 8.50. The van der Waals surface area contributed by atoms with Crippen LogP contribution in [-0.2, 0) is 13.0 Å². The average molecular weight is 442 g/mol. The van der Waals surface area contributed by atoms with E-state index in [9.17, 15) is 4.79 Å². The predicted octanol–water partition coefficient (Wildman–Crippen LogP) is 5.56. The van der Waals surface area contributed by atoms with Crippen LogP contribution < -0.4 is 10.8 Å². The first-order valence-electron chi connectivity index (χ1n) is 11.5. The molecule has 170 valence electrons. The van der Waals surface area contributed by atoms with Gasteiger partial charge in [0.05, 0.1) is 0 Å². The molecule has 0 spiro atoms. The van der Waals surface area contributed by atoms with Crippen molar-refractivity contribution in [2.75, 3.05) is 6.54 Å². The van der Waals surface area contributed by atoms with Crippen molar-refractivity contribution in [3.8, 4) is 11.1 Å². The number of rotatable bonds is 8. The van der Waals surface area contributed by atoms with Gasteiger partial charge in [0.15, 0.2) is 0 Å². The van der Waals surface area contributed by atoms with E-state index in [2.05, 4.69) is 65.8 Å². The zero-order valence-corrected chi connectivity index (χ0v) is 19.0. The number of aromatic amines is 1. The predicted molar refractivity (Wildman–Crippen MR) is 133 cm³/mol. The summed E-state index contributed by atoms with van der Waals surface area (Å²) in [5.74, 6) is -0.501. The minimum Gasteiger partial charge on any atom is -0.358 e. The van der Waals surface area contributed by atoms with E-state index in [1.54, 1.807) is 17.6 Å². The highest BCUT2D eigenvalue weighted by Gasteiger charge is 2.13. The van der Waals surface area contributed by atoms with E-state index in [1.807, 2.05) is 12.1 Å². The van der Waals surface area contributed by atoms with Crippen LogP contribution in [0, 0.1) is 6.92 Å². The molecule has 1 heterocycles. The lowest BCUT2D eigenvalue weighted by molar-refractivity contribution is 0.0706. The van der Waals surface area contributed by atoms with Gasteiger partial charge in [-0.3, -0.25) is 10.0 Å². The van der Waals surface area contributed by atoms with Crippen LogP contribution in [0.4, 0.5) is 0 Å². The van der Waals surface area contributed by atoms with Crippen molar-refractivity contribution in [2.24, 2.45) is 0 Å². The van der Waals surface area contributed by atoms with Gasteiger partial charge in [0.1, 0.15) is 0 Å². The Labute approximate surface area is 195 Å². The standard InChI is InChI=1S/C28H31N3O2/c1-20-8-12-22(13-9-20)25-18-27(23-6-4-2-3-5-7-23)30-26(25)16-17-29-19-21-10-14-24(15-11-21)28(32)31-33/h4,6-15,18,29-30,33H,2-3,5,16-17,19H2,1H3,(H,31,32). The van der Waals surface area contributed by atoms with Gasteiger partial charge < -0.3 is 10.3 Å². The Morgan fingerprint density at radius 2 is 1.85 bits per heavy atom. The summed E-state index contributed by atoms with van der Waals surface area (Å²) in [6, 6.07) is 18.2. The lowest BCUT2D eigenvalue weighted by Gasteiger charge is -2.08. The molecular formula is C28H31N3O2. The van der Waals surface area contributed by atoms with Crippen molar-refractivity contribution in [3.63, 3.8) is 0 Å². The SMILES string of the molecule is Cc1ccc(-c2cc(C3=CCCCC=C3)[nH]c2CCNCc2ccc(C(=O)NO)cc2)cc1. The molecule has 4 N–H and O–H groups in total. The van der Waals surface area contributed by atoms with Crippen LogP contribution in [-0.4, -0.2) is 22.6 Å². The second kappa shape index (κ2) is 10.9. The van der Waals surface area contributed by atoms with Gasteiger partial charge >= 0.3 is 0 Å². The van der Waals surface area contributed by atoms with Gasteiger partial charge in [0.25, 0.3) is 5.91 Å². The van der Waals surface area contributed by atoms with Gasteiger partial charge in [-0.1, -0.05) is 60.2 Å². The molecule has 5 heteroatoms. The molecule has 0 saturated heterocycles. The van der Waals surface area contributed by atoms with Crippen molar-refractivity contribution in [2.45, 2.75) is 39.2 Å². The third-order valence-corrected chi connectivity index (χ3v) is 6.01. The molecule has 0 aliphatic heterocycles. The smallest absolute Gasteiger partial charge is 0.274 e. The molecule has 0 unspecified atom stereocenters. The number of hydrogen-bond acceptors (Lipinski definition) is 3. The number of allylic oxidation sites excluding steroid dienone is 4. The highest BCUT2D eigenvalue weighted by atomic mass is 16.5. The van der Waals surface area contributed by atoms with Gasteiger partial charge in [-0.15, -0.1) is 0 Å². The second-order valence-electron chi connectivity index (χ2n) is 8.50. The van der Waals surface area contributed by atoms with Crippen LogP contribution in [0.3, 0.4) is 0 Å². The number of hydrogen-bond donors (Lipinski definition) is 4. The van der Waals surface area contributed by atoms with Gasteiger partial charge in [-0.2, -0.15) is 0 Å². The maximum absolute atomic E-state index is 11.5. The Hall–Kier alpha value is -3.41. The fourth-order valence-electron chi connectivity index (χ4n) is 4.10. The van der Waals surface area contributed by atoms with E-state index >= 15 is 0 Å². The molecule has 5 nitrogen and oxygen atoms in total.